The highest BCUT2D eigenvalue weighted by atomic mass is 35.5. The second-order valence-electron chi connectivity index (χ2n) is 1.02. The number of hydrogen-bond donors (Lipinski definition) is 0. The van der Waals surface area contributed by atoms with E-state index in [1.165, 1.54) is 0 Å². The van der Waals surface area contributed by atoms with Gasteiger partial charge in [-0.15, -0.1) is 12.4 Å². The molecule has 0 spiro atoms. The van der Waals surface area contributed by atoms with Crippen LogP contribution in [-0.2, 0) is 0 Å². The SMILES string of the molecule is Cl.[AlH3].c1ccncc1. The molecule has 1 aromatic rings. The number of pyridine rings is 1. The van der Waals surface area contributed by atoms with Crippen molar-refractivity contribution in [2.75, 3.05) is 0 Å². The summed E-state index contributed by atoms with van der Waals surface area (Å²) in [4.78, 5) is 3.78. The van der Waals surface area contributed by atoms with Gasteiger partial charge in [0.25, 0.3) is 0 Å². The number of rotatable bonds is 0. The van der Waals surface area contributed by atoms with Crippen LogP contribution in [0.15, 0.2) is 30.6 Å². The molecule has 0 atom stereocenters. The van der Waals surface area contributed by atoms with Gasteiger partial charge in [-0.1, -0.05) is 6.07 Å². The Kier molecular flexibility index (Phi) is 9.47. The van der Waals surface area contributed by atoms with Crippen LogP contribution in [-0.4, -0.2) is 22.3 Å². The third kappa shape index (κ3) is 4.14. The number of aromatic nitrogens is 1. The maximum Gasteiger partial charge on any atom is 0.187 e. The third-order valence-corrected chi connectivity index (χ3v) is 0.566. The molecule has 1 aromatic heterocycles. The van der Waals surface area contributed by atoms with Crippen molar-refractivity contribution in [3.63, 3.8) is 0 Å². The van der Waals surface area contributed by atoms with Gasteiger partial charge >= 0.3 is 0 Å². The lowest BCUT2D eigenvalue weighted by Crippen LogP contribution is -1.58. The van der Waals surface area contributed by atoms with Crippen molar-refractivity contribution in [3.05, 3.63) is 30.6 Å². The van der Waals surface area contributed by atoms with Gasteiger partial charge in [-0.05, 0) is 12.1 Å². The zero-order valence-corrected chi connectivity index (χ0v) is 4.56. The molecule has 1 rings (SSSR count). The van der Waals surface area contributed by atoms with Gasteiger partial charge in [-0.25, -0.2) is 0 Å². The van der Waals surface area contributed by atoms with E-state index >= 15 is 0 Å². The highest BCUT2D eigenvalue weighted by Crippen LogP contribution is 1.73. The Labute approximate surface area is 65.7 Å². The topological polar surface area (TPSA) is 12.9 Å². The molecule has 3 heteroatoms. The lowest BCUT2D eigenvalue weighted by Gasteiger charge is -1.70. The molecule has 0 aliphatic rings. The summed E-state index contributed by atoms with van der Waals surface area (Å²) in [6.45, 7) is 0. The molecule has 0 bridgehead atoms. The van der Waals surface area contributed by atoms with E-state index < -0.39 is 0 Å². The molecular weight excluding hydrogens is 136 g/mol. The van der Waals surface area contributed by atoms with Crippen molar-refractivity contribution >= 4 is 29.8 Å². The number of hydrogen-bond acceptors (Lipinski definition) is 1. The molecule has 1 nitrogen and oxygen atoms in total. The van der Waals surface area contributed by atoms with E-state index in [0.29, 0.717) is 0 Å². The maximum atomic E-state index is 3.78. The van der Waals surface area contributed by atoms with Crippen molar-refractivity contribution < 1.29 is 0 Å². The van der Waals surface area contributed by atoms with Crippen molar-refractivity contribution in [3.8, 4) is 0 Å². The van der Waals surface area contributed by atoms with Gasteiger partial charge in [-0.3, -0.25) is 4.98 Å². The first kappa shape index (κ1) is 10.9. The quantitative estimate of drug-likeness (QED) is 0.479. The third-order valence-electron chi connectivity index (χ3n) is 0.566. The fraction of sp³-hybridized carbons (Fsp3) is 0. The molecule has 0 unspecified atom stereocenters. The molecule has 0 aromatic carbocycles. The van der Waals surface area contributed by atoms with E-state index in [4.69, 9.17) is 0 Å². The fourth-order valence-corrected chi connectivity index (χ4v) is 0.313. The van der Waals surface area contributed by atoms with Crippen LogP contribution in [0.4, 0.5) is 0 Å². The summed E-state index contributed by atoms with van der Waals surface area (Å²) in [5.74, 6) is 0. The van der Waals surface area contributed by atoms with E-state index in [0.717, 1.165) is 0 Å². The normalized spacial score (nSPS) is 6.00. The van der Waals surface area contributed by atoms with Gasteiger partial charge in [0.15, 0.2) is 17.4 Å². The summed E-state index contributed by atoms with van der Waals surface area (Å²) < 4.78 is 0. The Morgan fingerprint density at radius 1 is 0.875 bits per heavy atom. The predicted octanol–water partition coefficient (Wildman–Crippen LogP) is 0.320. The van der Waals surface area contributed by atoms with Gasteiger partial charge in [0.1, 0.15) is 0 Å². The average Bonchev–Trinajstić information content (AvgIpc) is 1.72. The van der Waals surface area contributed by atoms with Crippen LogP contribution in [0, 0.1) is 0 Å². The zero-order valence-electron chi connectivity index (χ0n) is 3.74. The van der Waals surface area contributed by atoms with E-state index in [-0.39, 0.29) is 29.8 Å². The minimum atomic E-state index is 0. The molecule has 0 saturated heterocycles. The largest absolute Gasteiger partial charge is 0.265 e. The van der Waals surface area contributed by atoms with E-state index in [9.17, 15) is 0 Å². The summed E-state index contributed by atoms with van der Waals surface area (Å²) in [7, 11) is 0. The minimum Gasteiger partial charge on any atom is -0.265 e. The Hall–Kier alpha value is -0.0275. The van der Waals surface area contributed by atoms with E-state index in [1.807, 2.05) is 18.2 Å². The number of nitrogens with zero attached hydrogens (tertiary/aromatic N) is 1. The van der Waals surface area contributed by atoms with Crippen LogP contribution in [0.2, 0.25) is 0 Å². The average molecular weight is 146 g/mol. The van der Waals surface area contributed by atoms with E-state index in [2.05, 4.69) is 4.98 Å². The van der Waals surface area contributed by atoms with Crippen molar-refractivity contribution in [2.45, 2.75) is 0 Å². The van der Waals surface area contributed by atoms with Crippen LogP contribution in [0.3, 0.4) is 0 Å². The van der Waals surface area contributed by atoms with Gasteiger partial charge in [-0.2, -0.15) is 0 Å². The molecule has 0 radical (unpaired) electrons. The summed E-state index contributed by atoms with van der Waals surface area (Å²) in [5, 5.41) is 0. The fourth-order valence-electron chi connectivity index (χ4n) is 0.313. The molecule has 0 aliphatic carbocycles. The molecule has 44 valence electrons. The molecule has 1 heterocycles. The highest BCUT2D eigenvalue weighted by Gasteiger charge is 1.58. The Balaban J connectivity index is 0. The zero-order chi connectivity index (χ0) is 4.24. The first-order valence-corrected chi connectivity index (χ1v) is 1.85. The van der Waals surface area contributed by atoms with Crippen LogP contribution < -0.4 is 0 Å². The van der Waals surface area contributed by atoms with Crippen LogP contribution >= 0.6 is 12.4 Å². The van der Waals surface area contributed by atoms with Gasteiger partial charge in [0.05, 0.1) is 0 Å². The molecule has 0 amide bonds. The van der Waals surface area contributed by atoms with Crippen LogP contribution in [0.25, 0.3) is 0 Å². The molecule has 0 saturated carbocycles. The molecular formula is C5H9AlClN. The monoisotopic (exact) mass is 145 g/mol. The Bertz CT molecular complexity index is 84.4. The first-order valence-electron chi connectivity index (χ1n) is 1.85. The summed E-state index contributed by atoms with van der Waals surface area (Å²) >= 11 is 0. The second-order valence-corrected chi connectivity index (χ2v) is 1.02. The number of halogens is 1. The van der Waals surface area contributed by atoms with Gasteiger partial charge in [0.2, 0.25) is 0 Å². The first-order chi connectivity index (χ1) is 3.00. The second kappa shape index (κ2) is 6.97. The van der Waals surface area contributed by atoms with E-state index in [1.54, 1.807) is 12.4 Å². The smallest absolute Gasteiger partial charge is 0.187 e. The van der Waals surface area contributed by atoms with Gasteiger partial charge in [0, 0.05) is 12.4 Å². The molecule has 0 N–H and O–H groups in total. The van der Waals surface area contributed by atoms with Crippen molar-refractivity contribution in [1.82, 2.24) is 4.98 Å². The maximum absolute atomic E-state index is 3.78. The Morgan fingerprint density at radius 3 is 1.50 bits per heavy atom. The van der Waals surface area contributed by atoms with Crippen molar-refractivity contribution in [1.29, 1.82) is 0 Å². The van der Waals surface area contributed by atoms with Crippen molar-refractivity contribution in [2.24, 2.45) is 0 Å². The summed E-state index contributed by atoms with van der Waals surface area (Å²) in [5.41, 5.74) is 0. The van der Waals surface area contributed by atoms with Gasteiger partial charge < -0.3 is 0 Å². The molecule has 0 fully saturated rings. The Morgan fingerprint density at radius 2 is 1.38 bits per heavy atom. The predicted molar refractivity (Wildman–Crippen MR) is 41.4 cm³/mol. The highest BCUT2D eigenvalue weighted by molar-refractivity contribution is 5.85. The van der Waals surface area contributed by atoms with Crippen LogP contribution in [0.1, 0.15) is 0 Å². The summed E-state index contributed by atoms with van der Waals surface area (Å²) in [6, 6.07) is 5.72. The summed E-state index contributed by atoms with van der Waals surface area (Å²) in [6.07, 6.45) is 3.50. The lowest BCUT2D eigenvalue weighted by molar-refractivity contribution is 1.33. The molecule has 8 heavy (non-hydrogen) atoms. The minimum absolute atomic E-state index is 0. The molecule has 0 aliphatic heterocycles. The van der Waals surface area contributed by atoms with Crippen LogP contribution in [0.5, 0.6) is 0 Å². The standard InChI is InChI=1S/C5H5N.Al.ClH.3H/c1-2-4-6-5-3-1;;;;;/h1-5H;;1H;;;. The lowest BCUT2D eigenvalue weighted by atomic mass is 10.5.